The molecule has 0 spiro atoms. The Balaban J connectivity index is 1.74. The van der Waals surface area contributed by atoms with Gasteiger partial charge in [-0.25, -0.2) is 9.50 Å². The lowest BCUT2D eigenvalue weighted by Gasteiger charge is -2.17. The number of nitrogens with zero attached hydrogens (tertiary/aromatic N) is 4. The third-order valence-electron chi connectivity index (χ3n) is 4.53. The van der Waals surface area contributed by atoms with Gasteiger partial charge < -0.3 is 4.90 Å². The molecule has 0 radical (unpaired) electrons. The van der Waals surface area contributed by atoms with Gasteiger partial charge >= 0.3 is 0 Å². The number of fused-ring (bicyclic) bond motifs is 1. The van der Waals surface area contributed by atoms with Gasteiger partial charge in [0.15, 0.2) is 5.65 Å². The Morgan fingerprint density at radius 3 is 2.77 bits per heavy atom. The van der Waals surface area contributed by atoms with E-state index in [4.69, 9.17) is 0 Å². The normalized spacial score (nSPS) is 14.5. The lowest BCUT2D eigenvalue weighted by Crippen LogP contribution is -2.29. The third kappa shape index (κ3) is 2.98. The van der Waals surface area contributed by atoms with Gasteiger partial charge in [-0.05, 0) is 51.5 Å². The number of aromatic nitrogens is 3. The SMILES string of the molecule is Cc1cc2nc(C)c(CCC(=O)N(C)CC3CC3)c(C)n2n1. The number of hydrogen-bond acceptors (Lipinski definition) is 3. The summed E-state index contributed by atoms with van der Waals surface area (Å²) in [5.41, 5.74) is 5.08. The van der Waals surface area contributed by atoms with E-state index >= 15 is 0 Å². The van der Waals surface area contributed by atoms with Gasteiger partial charge in [-0.15, -0.1) is 0 Å². The average molecular weight is 300 g/mol. The molecule has 3 rings (SSSR count). The fourth-order valence-electron chi connectivity index (χ4n) is 3.02. The summed E-state index contributed by atoms with van der Waals surface area (Å²) in [6.45, 7) is 6.96. The molecule has 1 amide bonds. The number of aryl methyl sites for hydroxylation is 3. The van der Waals surface area contributed by atoms with Crippen LogP contribution in [0.1, 0.15) is 41.9 Å². The highest BCUT2D eigenvalue weighted by molar-refractivity contribution is 5.76. The molecule has 0 unspecified atom stereocenters. The molecule has 118 valence electrons. The highest BCUT2D eigenvalue weighted by atomic mass is 16.2. The second-order valence-corrected chi connectivity index (χ2v) is 6.53. The van der Waals surface area contributed by atoms with Crippen molar-refractivity contribution in [3.05, 3.63) is 28.7 Å². The second kappa shape index (κ2) is 5.71. The van der Waals surface area contributed by atoms with Gasteiger partial charge in [0.05, 0.1) is 5.69 Å². The molecular weight excluding hydrogens is 276 g/mol. The lowest BCUT2D eigenvalue weighted by molar-refractivity contribution is -0.130. The average Bonchev–Trinajstić information content (AvgIpc) is 3.19. The fourth-order valence-corrected chi connectivity index (χ4v) is 3.02. The van der Waals surface area contributed by atoms with Crippen LogP contribution in [0.3, 0.4) is 0 Å². The Hall–Kier alpha value is -1.91. The Kier molecular flexibility index (Phi) is 3.89. The Morgan fingerprint density at radius 2 is 2.09 bits per heavy atom. The largest absolute Gasteiger partial charge is 0.345 e. The summed E-state index contributed by atoms with van der Waals surface area (Å²) < 4.78 is 1.88. The van der Waals surface area contributed by atoms with Gasteiger partial charge in [0, 0.05) is 37.5 Å². The highest BCUT2D eigenvalue weighted by Crippen LogP contribution is 2.29. The topological polar surface area (TPSA) is 50.5 Å². The Labute approximate surface area is 131 Å². The van der Waals surface area contributed by atoms with E-state index < -0.39 is 0 Å². The number of hydrogen-bond donors (Lipinski definition) is 0. The molecule has 1 saturated carbocycles. The van der Waals surface area contributed by atoms with Crippen LogP contribution in [0.4, 0.5) is 0 Å². The van der Waals surface area contributed by atoms with Gasteiger partial charge in [-0.3, -0.25) is 4.79 Å². The fraction of sp³-hybridized carbons (Fsp3) is 0.588. The second-order valence-electron chi connectivity index (χ2n) is 6.53. The minimum atomic E-state index is 0.224. The van der Waals surface area contributed by atoms with Crippen LogP contribution in [0.25, 0.3) is 5.65 Å². The molecule has 0 saturated heterocycles. The van der Waals surface area contributed by atoms with E-state index in [1.54, 1.807) is 0 Å². The number of amides is 1. The Morgan fingerprint density at radius 1 is 1.36 bits per heavy atom. The molecule has 1 aliphatic rings. The van der Waals surface area contributed by atoms with E-state index in [-0.39, 0.29) is 5.91 Å². The van der Waals surface area contributed by atoms with Gasteiger partial charge in [-0.2, -0.15) is 5.10 Å². The molecule has 0 aliphatic heterocycles. The minimum Gasteiger partial charge on any atom is -0.345 e. The lowest BCUT2D eigenvalue weighted by atomic mass is 10.1. The summed E-state index contributed by atoms with van der Waals surface area (Å²) in [4.78, 5) is 18.7. The zero-order valence-corrected chi connectivity index (χ0v) is 13.9. The predicted octanol–water partition coefficient (Wildman–Crippen LogP) is 2.46. The van der Waals surface area contributed by atoms with Crippen molar-refractivity contribution < 1.29 is 4.79 Å². The van der Waals surface area contributed by atoms with E-state index in [0.29, 0.717) is 6.42 Å². The summed E-state index contributed by atoms with van der Waals surface area (Å²) in [6.07, 6.45) is 3.82. The molecular formula is C17H24N4O. The molecule has 0 N–H and O–H groups in total. The zero-order chi connectivity index (χ0) is 15.9. The van der Waals surface area contributed by atoms with Crippen molar-refractivity contribution in [1.29, 1.82) is 0 Å². The van der Waals surface area contributed by atoms with Gasteiger partial charge in [-0.1, -0.05) is 0 Å². The van der Waals surface area contributed by atoms with Crippen LogP contribution in [0, 0.1) is 26.7 Å². The van der Waals surface area contributed by atoms with E-state index in [1.807, 2.05) is 36.4 Å². The minimum absolute atomic E-state index is 0.224. The maximum absolute atomic E-state index is 12.3. The number of carbonyl (C=O) groups is 1. The predicted molar refractivity (Wildman–Crippen MR) is 85.9 cm³/mol. The highest BCUT2D eigenvalue weighted by Gasteiger charge is 2.24. The summed E-state index contributed by atoms with van der Waals surface area (Å²) in [6, 6.07) is 1.98. The van der Waals surface area contributed by atoms with Crippen LogP contribution in [-0.4, -0.2) is 39.0 Å². The van der Waals surface area contributed by atoms with Crippen molar-refractivity contribution in [3.8, 4) is 0 Å². The molecule has 0 bridgehead atoms. The standard InChI is InChI=1S/C17H24N4O/c1-11-9-16-18-12(2)15(13(3)21(16)19-11)7-8-17(22)20(4)10-14-5-6-14/h9,14H,5-8,10H2,1-4H3. The maximum atomic E-state index is 12.3. The molecule has 2 heterocycles. The molecule has 5 nitrogen and oxygen atoms in total. The van der Waals surface area contributed by atoms with Crippen LogP contribution < -0.4 is 0 Å². The molecule has 1 fully saturated rings. The molecule has 2 aromatic rings. The summed E-state index contributed by atoms with van der Waals surface area (Å²) in [5, 5.41) is 4.48. The summed E-state index contributed by atoms with van der Waals surface area (Å²) in [7, 11) is 1.92. The van der Waals surface area contributed by atoms with Crippen molar-refractivity contribution in [2.24, 2.45) is 5.92 Å². The molecule has 0 aromatic carbocycles. The Bertz CT molecular complexity index is 715. The van der Waals surface area contributed by atoms with Crippen LogP contribution >= 0.6 is 0 Å². The van der Waals surface area contributed by atoms with E-state index in [9.17, 15) is 4.79 Å². The molecule has 5 heteroatoms. The van der Waals surface area contributed by atoms with Crippen molar-refractivity contribution >= 4 is 11.6 Å². The van der Waals surface area contributed by atoms with E-state index in [1.165, 1.54) is 12.8 Å². The number of rotatable bonds is 5. The monoisotopic (exact) mass is 300 g/mol. The van der Waals surface area contributed by atoms with Gasteiger partial charge in [0.25, 0.3) is 0 Å². The van der Waals surface area contributed by atoms with Crippen LogP contribution in [-0.2, 0) is 11.2 Å². The van der Waals surface area contributed by atoms with E-state index in [0.717, 1.165) is 47.2 Å². The van der Waals surface area contributed by atoms with Crippen molar-refractivity contribution in [3.63, 3.8) is 0 Å². The smallest absolute Gasteiger partial charge is 0.222 e. The van der Waals surface area contributed by atoms with Gasteiger partial charge in [0.1, 0.15) is 0 Å². The maximum Gasteiger partial charge on any atom is 0.222 e. The third-order valence-corrected chi connectivity index (χ3v) is 4.53. The first-order chi connectivity index (χ1) is 10.5. The molecule has 1 aliphatic carbocycles. The quantitative estimate of drug-likeness (QED) is 0.852. The molecule has 0 atom stereocenters. The first-order valence-corrected chi connectivity index (χ1v) is 8.02. The summed E-state index contributed by atoms with van der Waals surface area (Å²) in [5.74, 6) is 0.963. The van der Waals surface area contributed by atoms with Crippen molar-refractivity contribution in [1.82, 2.24) is 19.5 Å². The molecule has 2 aromatic heterocycles. The molecule has 22 heavy (non-hydrogen) atoms. The van der Waals surface area contributed by atoms with Gasteiger partial charge in [0.2, 0.25) is 5.91 Å². The number of carbonyl (C=O) groups excluding carboxylic acids is 1. The summed E-state index contributed by atoms with van der Waals surface area (Å²) >= 11 is 0. The van der Waals surface area contributed by atoms with Crippen molar-refractivity contribution in [2.45, 2.75) is 46.5 Å². The first-order valence-electron chi connectivity index (χ1n) is 8.02. The van der Waals surface area contributed by atoms with Crippen LogP contribution in [0.2, 0.25) is 0 Å². The van der Waals surface area contributed by atoms with Crippen LogP contribution in [0.15, 0.2) is 6.07 Å². The van der Waals surface area contributed by atoms with E-state index in [2.05, 4.69) is 17.0 Å². The first kappa shape index (κ1) is 15.0. The van der Waals surface area contributed by atoms with Crippen molar-refractivity contribution in [2.75, 3.05) is 13.6 Å². The zero-order valence-electron chi connectivity index (χ0n) is 13.9. The van der Waals surface area contributed by atoms with Crippen LogP contribution in [0.5, 0.6) is 0 Å².